The van der Waals surface area contributed by atoms with Gasteiger partial charge in [0, 0.05) is 0 Å². The molecular weight excluding hydrogens is 456 g/mol. The highest BCUT2D eigenvalue weighted by atomic mass is 14.0. The van der Waals surface area contributed by atoms with Gasteiger partial charge in [-0.15, -0.1) is 0 Å². The predicted molar refractivity (Wildman–Crippen MR) is 177 cm³/mol. The summed E-state index contributed by atoms with van der Waals surface area (Å²) in [5.41, 5.74) is 0. The van der Waals surface area contributed by atoms with E-state index in [9.17, 15) is 0 Å². The maximum absolute atomic E-state index is 2.59. The average Bonchev–Trinajstić information content (AvgIpc) is 2.91. The van der Waals surface area contributed by atoms with Gasteiger partial charge >= 0.3 is 0 Å². The standard InChI is InChI=1S/C38H77/c1-4-5-6-7-8-9-10-11-12-13-14-15-16-17-18-19-20-21-22-23-24-25-26-27-28-29-30-31-32-33-34-35-36-37-38(2)3/h23,38H,4-22,24-37H2,1-3H3. The Kier molecular flexibility index (Phi) is 35.0. The minimum absolute atomic E-state index is 0.895. The molecular formula is C38H77. The van der Waals surface area contributed by atoms with Gasteiger partial charge < -0.3 is 0 Å². The molecule has 229 valence electrons. The Morgan fingerprint density at radius 1 is 0.316 bits per heavy atom. The fourth-order valence-corrected chi connectivity index (χ4v) is 5.94. The van der Waals surface area contributed by atoms with E-state index in [2.05, 4.69) is 27.2 Å². The average molecular weight is 534 g/mol. The molecule has 0 aromatic rings. The molecule has 0 N–H and O–H groups in total. The lowest BCUT2D eigenvalue weighted by molar-refractivity contribution is 0.503. The van der Waals surface area contributed by atoms with E-state index in [1.54, 1.807) is 0 Å². The Hall–Kier alpha value is 0. The molecule has 0 heterocycles. The first-order chi connectivity index (χ1) is 18.8. The van der Waals surface area contributed by atoms with Crippen molar-refractivity contribution in [3.63, 3.8) is 0 Å². The maximum atomic E-state index is 2.59. The van der Waals surface area contributed by atoms with Crippen LogP contribution in [0, 0.1) is 12.3 Å². The molecule has 0 aliphatic rings. The number of unbranched alkanes of at least 4 members (excludes halogenated alkanes) is 32. The number of hydrogen-bond donors (Lipinski definition) is 0. The zero-order valence-corrected chi connectivity index (χ0v) is 27.5. The summed E-state index contributed by atoms with van der Waals surface area (Å²) in [6.45, 7) is 7.01. The van der Waals surface area contributed by atoms with Crippen LogP contribution in [0.15, 0.2) is 0 Å². The lowest BCUT2D eigenvalue weighted by atomic mass is 10.0. The fourth-order valence-electron chi connectivity index (χ4n) is 5.94. The number of hydrogen-bond acceptors (Lipinski definition) is 0. The van der Waals surface area contributed by atoms with E-state index in [-0.39, 0.29) is 0 Å². The van der Waals surface area contributed by atoms with Gasteiger partial charge in [-0.25, -0.2) is 0 Å². The van der Waals surface area contributed by atoms with Gasteiger partial charge in [-0.05, 0) is 12.3 Å². The van der Waals surface area contributed by atoms with E-state index in [4.69, 9.17) is 0 Å². The molecule has 0 amide bonds. The minimum atomic E-state index is 0.895. The normalized spacial score (nSPS) is 11.7. The van der Waals surface area contributed by atoms with Crippen molar-refractivity contribution in [2.24, 2.45) is 5.92 Å². The van der Waals surface area contributed by atoms with Gasteiger partial charge in [0.2, 0.25) is 0 Å². The molecule has 0 atom stereocenters. The molecule has 0 spiro atoms. The summed E-state index contributed by atoms with van der Waals surface area (Å²) in [7, 11) is 0. The zero-order valence-electron chi connectivity index (χ0n) is 27.5. The molecule has 0 saturated heterocycles. The molecule has 0 heteroatoms. The quantitative estimate of drug-likeness (QED) is 0.0721. The van der Waals surface area contributed by atoms with E-state index in [1.165, 1.54) is 212 Å². The lowest BCUT2D eigenvalue weighted by Gasteiger charge is -2.05. The Labute approximate surface area is 244 Å². The third-order valence-corrected chi connectivity index (χ3v) is 8.70. The van der Waals surface area contributed by atoms with Crippen LogP contribution in [0.1, 0.15) is 233 Å². The van der Waals surface area contributed by atoms with Crippen LogP contribution in [0.2, 0.25) is 0 Å². The highest BCUT2D eigenvalue weighted by molar-refractivity contribution is 4.65. The lowest BCUT2D eigenvalue weighted by Crippen LogP contribution is -1.87. The van der Waals surface area contributed by atoms with Gasteiger partial charge in [-0.1, -0.05) is 233 Å². The summed E-state index contributed by atoms with van der Waals surface area (Å²) in [6, 6.07) is 0. The molecule has 0 unspecified atom stereocenters. The summed E-state index contributed by atoms with van der Waals surface area (Å²) in [6.07, 6.45) is 50.9. The topological polar surface area (TPSA) is 0 Å². The first-order valence-electron chi connectivity index (χ1n) is 18.6. The van der Waals surface area contributed by atoms with Crippen molar-refractivity contribution in [3.05, 3.63) is 6.42 Å². The molecule has 0 aromatic carbocycles. The van der Waals surface area contributed by atoms with Crippen molar-refractivity contribution in [2.45, 2.75) is 233 Å². The minimum Gasteiger partial charge on any atom is -0.0654 e. The van der Waals surface area contributed by atoms with Gasteiger partial charge in [-0.3, -0.25) is 0 Å². The second-order valence-electron chi connectivity index (χ2n) is 13.3. The SMILES string of the molecule is CCCCCCCCCCCCCCCCCCCC[CH]CCCCCCCCCCCCCCC(C)C. The first kappa shape index (κ1) is 38.0. The van der Waals surface area contributed by atoms with Gasteiger partial charge in [-0.2, -0.15) is 0 Å². The Morgan fingerprint density at radius 3 is 0.816 bits per heavy atom. The second-order valence-corrected chi connectivity index (χ2v) is 13.3. The van der Waals surface area contributed by atoms with Gasteiger partial charge in [0.1, 0.15) is 0 Å². The van der Waals surface area contributed by atoms with Crippen LogP contribution in [-0.2, 0) is 0 Å². The molecule has 38 heavy (non-hydrogen) atoms. The predicted octanol–water partition coefficient (Wildman–Crippen LogP) is 14.7. The van der Waals surface area contributed by atoms with Crippen molar-refractivity contribution in [1.29, 1.82) is 0 Å². The van der Waals surface area contributed by atoms with Crippen molar-refractivity contribution in [3.8, 4) is 0 Å². The van der Waals surface area contributed by atoms with Crippen LogP contribution >= 0.6 is 0 Å². The van der Waals surface area contributed by atoms with Crippen molar-refractivity contribution >= 4 is 0 Å². The van der Waals surface area contributed by atoms with Gasteiger partial charge in [0.05, 0.1) is 0 Å². The third-order valence-electron chi connectivity index (χ3n) is 8.70. The van der Waals surface area contributed by atoms with E-state index in [0.29, 0.717) is 0 Å². The summed E-state index contributed by atoms with van der Waals surface area (Å²) in [5, 5.41) is 0. The highest BCUT2D eigenvalue weighted by Gasteiger charge is 1.98. The summed E-state index contributed by atoms with van der Waals surface area (Å²) >= 11 is 0. The third kappa shape index (κ3) is 36.0. The zero-order chi connectivity index (χ0) is 27.6. The van der Waals surface area contributed by atoms with Gasteiger partial charge in [0.25, 0.3) is 0 Å². The highest BCUT2D eigenvalue weighted by Crippen LogP contribution is 2.17. The molecule has 0 aliphatic heterocycles. The van der Waals surface area contributed by atoms with Crippen LogP contribution in [0.4, 0.5) is 0 Å². The first-order valence-corrected chi connectivity index (χ1v) is 18.6. The fraction of sp³-hybridized carbons (Fsp3) is 0.974. The summed E-state index contributed by atoms with van der Waals surface area (Å²) < 4.78 is 0. The molecule has 0 rings (SSSR count). The molecule has 1 radical (unpaired) electrons. The number of rotatable bonds is 34. The Balaban J connectivity index is 3.02. The smallest absolute Gasteiger partial charge is 0.0386 e. The van der Waals surface area contributed by atoms with E-state index < -0.39 is 0 Å². The van der Waals surface area contributed by atoms with Crippen molar-refractivity contribution in [1.82, 2.24) is 0 Å². The van der Waals surface area contributed by atoms with Crippen molar-refractivity contribution in [2.75, 3.05) is 0 Å². The second kappa shape index (κ2) is 35.0. The van der Waals surface area contributed by atoms with Gasteiger partial charge in [0.15, 0.2) is 0 Å². The Bertz CT molecular complexity index is 383. The van der Waals surface area contributed by atoms with Crippen LogP contribution in [0.3, 0.4) is 0 Å². The molecule has 0 aliphatic carbocycles. The monoisotopic (exact) mass is 534 g/mol. The Morgan fingerprint density at radius 2 is 0.553 bits per heavy atom. The summed E-state index contributed by atoms with van der Waals surface area (Å²) in [4.78, 5) is 0. The van der Waals surface area contributed by atoms with E-state index in [0.717, 1.165) is 5.92 Å². The van der Waals surface area contributed by atoms with Crippen LogP contribution < -0.4 is 0 Å². The molecule has 0 saturated carbocycles. The van der Waals surface area contributed by atoms with Crippen LogP contribution in [0.5, 0.6) is 0 Å². The summed E-state index contributed by atoms with van der Waals surface area (Å²) in [5.74, 6) is 0.895. The molecule has 0 aromatic heterocycles. The van der Waals surface area contributed by atoms with E-state index >= 15 is 0 Å². The molecule has 0 bridgehead atoms. The van der Waals surface area contributed by atoms with Crippen LogP contribution in [-0.4, -0.2) is 0 Å². The molecule has 0 fully saturated rings. The van der Waals surface area contributed by atoms with E-state index in [1.807, 2.05) is 0 Å². The largest absolute Gasteiger partial charge is 0.0654 e. The maximum Gasteiger partial charge on any atom is -0.0386 e. The van der Waals surface area contributed by atoms with Crippen LogP contribution in [0.25, 0.3) is 0 Å². The van der Waals surface area contributed by atoms with Crippen molar-refractivity contribution < 1.29 is 0 Å². The molecule has 0 nitrogen and oxygen atoms in total.